The van der Waals surface area contributed by atoms with Gasteiger partial charge in [-0.1, -0.05) is 18.2 Å². The van der Waals surface area contributed by atoms with Crippen LogP contribution in [0.15, 0.2) is 36.4 Å². The molecule has 1 saturated heterocycles. The number of carbonyl (C=O) groups excluding carboxylic acids is 1. The third-order valence-corrected chi connectivity index (χ3v) is 5.64. The van der Waals surface area contributed by atoms with Crippen molar-refractivity contribution >= 4 is 5.91 Å². The van der Waals surface area contributed by atoms with E-state index in [2.05, 4.69) is 10.2 Å². The van der Waals surface area contributed by atoms with Gasteiger partial charge in [0, 0.05) is 18.7 Å². The molecule has 2 aliphatic rings. The molecule has 2 aromatic carbocycles. The molecular formula is C23H27FN2O3. The Balaban J connectivity index is 1.66. The lowest BCUT2D eigenvalue weighted by Crippen LogP contribution is -2.43. The molecule has 0 saturated carbocycles. The van der Waals surface area contributed by atoms with Crippen LogP contribution in [0.25, 0.3) is 11.1 Å². The van der Waals surface area contributed by atoms with Crippen molar-refractivity contribution in [1.82, 2.24) is 10.2 Å². The molecule has 154 valence electrons. The maximum Gasteiger partial charge on any atom is 0.237 e. The number of rotatable bonds is 1. The van der Waals surface area contributed by atoms with Gasteiger partial charge in [-0.2, -0.15) is 0 Å². The number of ether oxygens (including phenoxy) is 2. The molecule has 1 amide bonds. The van der Waals surface area contributed by atoms with Gasteiger partial charge in [-0.25, -0.2) is 4.39 Å². The molecule has 5 nitrogen and oxygen atoms in total. The van der Waals surface area contributed by atoms with E-state index >= 15 is 0 Å². The number of hydrogen-bond donors (Lipinski definition) is 1. The van der Waals surface area contributed by atoms with Crippen LogP contribution in [-0.4, -0.2) is 49.8 Å². The lowest BCUT2D eigenvalue weighted by Gasteiger charge is -2.25. The van der Waals surface area contributed by atoms with E-state index in [1.54, 1.807) is 19.1 Å². The normalized spacial score (nSPS) is 21.0. The van der Waals surface area contributed by atoms with E-state index in [1.807, 2.05) is 24.3 Å². The predicted octanol–water partition coefficient (Wildman–Crippen LogP) is 3.29. The van der Waals surface area contributed by atoms with Crippen molar-refractivity contribution < 1.29 is 18.7 Å². The Morgan fingerprint density at radius 2 is 1.93 bits per heavy atom. The van der Waals surface area contributed by atoms with Crippen LogP contribution >= 0.6 is 0 Å². The van der Waals surface area contributed by atoms with Crippen LogP contribution in [0.5, 0.6) is 5.75 Å². The summed E-state index contributed by atoms with van der Waals surface area (Å²) in [5, 5.41) is 2.98. The van der Waals surface area contributed by atoms with Crippen molar-refractivity contribution in [2.75, 3.05) is 32.9 Å². The van der Waals surface area contributed by atoms with E-state index < -0.39 is 0 Å². The molecule has 0 radical (unpaired) electrons. The maximum absolute atomic E-state index is 14.1. The average Bonchev–Trinajstić information content (AvgIpc) is 3.18. The highest BCUT2D eigenvalue weighted by Gasteiger charge is 2.31. The number of nitrogens with one attached hydrogen (secondary N) is 1. The third-order valence-electron chi connectivity index (χ3n) is 5.64. The van der Waals surface area contributed by atoms with Crippen LogP contribution in [0.2, 0.25) is 0 Å². The molecule has 2 aliphatic heterocycles. The zero-order valence-electron chi connectivity index (χ0n) is 16.7. The van der Waals surface area contributed by atoms with Crippen molar-refractivity contribution in [1.29, 1.82) is 0 Å². The summed E-state index contributed by atoms with van der Waals surface area (Å²) in [6.45, 7) is 5.16. The summed E-state index contributed by atoms with van der Waals surface area (Å²) < 4.78 is 25.6. The van der Waals surface area contributed by atoms with Gasteiger partial charge in [0.15, 0.2) is 0 Å². The number of hydrogen-bond acceptors (Lipinski definition) is 4. The first-order valence-corrected chi connectivity index (χ1v) is 10.2. The van der Waals surface area contributed by atoms with E-state index in [1.165, 1.54) is 0 Å². The minimum Gasteiger partial charge on any atom is -0.491 e. The monoisotopic (exact) mass is 398 g/mol. The molecule has 2 aromatic rings. The first-order valence-electron chi connectivity index (χ1n) is 10.2. The van der Waals surface area contributed by atoms with E-state index in [0.717, 1.165) is 41.8 Å². The Bertz CT molecular complexity index is 886. The van der Waals surface area contributed by atoms with Crippen LogP contribution in [0.3, 0.4) is 0 Å². The quantitative estimate of drug-likeness (QED) is 0.801. The highest BCUT2D eigenvalue weighted by atomic mass is 19.1. The second kappa shape index (κ2) is 8.93. The van der Waals surface area contributed by atoms with Gasteiger partial charge < -0.3 is 14.8 Å². The number of benzene rings is 2. The Morgan fingerprint density at radius 3 is 2.79 bits per heavy atom. The minimum atomic E-state index is -0.212. The fourth-order valence-electron chi connectivity index (χ4n) is 4.00. The summed E-state index contributed by atoms with van der Waals surface area (Å²) in [6.07, 6.45) is 1.85. The fraction of sp³-hybridized carbons (Fsp3) is 0.435. The first kappa shape index (κ1) is 19.9. The molecule has 0 unspecified atom stereocenters. The van der Waals surface area contributed by atoms with Gasteiger partial charge in [-0.05, 0) is 61.2 Å². The van der Waals surface area contributed by atoms with Crippen LogP contribution in [0.4, 0.5) is 4.39 Å². The van der Waals surface area contributed by atoms with Crippen LogP contribution in [0.1, 0.15) is 24.0 Å². The van der Waals surface area contributed by atoms with Gasteiger partial charge in [-0.3, -0.25) is 9.69 Å². The van der Waals surface area contributed by atoms with Crippen molar-refractivity contribution in [2.45, 2.75) is 32.4 Å². The van der Waals surface area contributed by atoms with Crippen molar-refractivity contribution in [3.8, 4) is 16.9 Å². The summed E-state index contributed by atoms with van der Waals surface area (Å²) in [5.41, 5.74) is 3.40. The number of aryl methyl sites for hydroxylation is 1. The van der Waals surface area contributed by atoms with E-state index in [0.29, 0.717) is 38.5 Å². The zero-order chi connectivity index (χ0) is 20.2. The fourth-order valence-corrected chi connectivity index (χ4v) is 4.00. The number of amides is 1. The molecule has 29 heavy (non-hydrogen) atoms. The van der Waals surface area contributed by atoms with E-state index in [-0.39, 0.29) is 17.8 Å². The standard InChI is InChI=1S/C23H27FN2O3/c1-16-4-5-18(14-20(16)24)17-6-7-22-19(13-17)15-26-9-2-3-21(26)23(27)25-8-10-28-11-12-29-22/h4-7,13-14,21H,2-3,8-12,15H2,1H3,(H,25,27)/t21-/m0/s1. The smallest absolute Gasteiger partial charge is 0.237 e. The van der Waals surface area contributed by atoms with Crippen LogP contribution in [0, 0.1) is 12.7 Å². The van der Waals surface area contributed by atoms with Gasteiger partial charge in [0.1, 0.15) is 18.2 Å². The SMILES string of the molecule is Cc1ccc(-c2ccc3c(c2)CN2CCC[C@H]2C(=O)NCCOCCO3)cc1F. The molecule has 0 bridgehead atoms. The topological polar surface area (TPSA) is 50.8 Å². The number of carbonyl (C=O) groups is 1. The predicted molar refractivity (Wildman–Crippen MR) is 109 cm³/mol. The molecule has 1 atom stereocenters. The Kier molecular flexibility index (Phi) is 6.11. The summed E-state index contributed by atoms with van der Waals surface area (Å²) >= 11 is 0. The summed E-state index contributed by atoms with van der Waals surface area (Å²) in [7, 11) is 0. The molecular weight excluding hydrogens is 371 g/mol. The summed E-state index contributed by atoms with van der Waals surface area (Å²) in [4.78, 5) is 14.8. The second-order valence-corrected chi connectivity index (χ2v) is 7.67. The van der Waals surface area contributed by atoms with Gasteiger partial charge in [-0.15, -0.1) is 0 Å². The molecule has 6 heteroatoms. The van der Waals surface area contributed by atoms with Crippen LogP contribution < -0.4 is 10.1 Å². The molecule has 0 aliphatic carbocycles. The van der Waals surface area contributed by atoms with Gasteiger partial charge in [0.05, 0.1) is 19.3 Å². The maximum atomic E-state index is 14.1. The largest absolute Gasteiger partial charge is 0.491 e. The van der Waals surface area contributed by atoms with Crippen molar-refractivity contribution in [3.05, 3.63) is 53.3 Å². The number of fused-ring (bicyclic) bond motifs is 2. The Hall–Kier alpha value is -2.44. The van der Waals surface area contributed by atoms with E-state index in [4.69, 9.17) is 9.47 Å². The molecule has 4 rings (SSSR count). The van der Waals surface area contributed by atoms with Gasteiger partial charge in [0.2, 0.25) is 5.91 Å². The second-order valence-electron chi connectivity index (χ2n) is 7.67. The Morgan fingerprint density at radius 1 is 1.10 bits per heavy atom. The zero-order valence-corrected chi connectivity index (χ0v) is 16.7. The molecule has 1 N–H and O–H groups in total. The molecule has 1 fully saturated rings. The van der Waals surface area contributed by atoms with Gasteiger partial charge >= 0.3 is 0 Å². The molecule has 0 aromatic heterocycles. The third kappa shape index (κ3) is 4.60. The summed E-state index contributed by atoms with van der Waals surface area (Å²) in [5.74, 6) is 0.635. The molecule has 0 spiro atoms. The first-order chi connectivity index (χ1) is 14.1. The Labute approximate surface area is 170 Å². The van der Waals surface area contributed by atoms with Crippen molar-refractivity contribution in [2.24, 2.45) is 0 Å². The lowest BCUT2D eigenvalue weighted by molar-refractivity contribution is -0.125. The lowest BCUT2D eigenvalue weighted by atomic mass is 10.0. The van der Waals surface area contributed by atoms with E-state index in [9.17, 15) is 9.18 Å². The number of nitrogens with zero attached hydrogens (tertiary/aromatic N) is 1. The highest BCUT2D eigenvalue weighted by Crippen LogP contribution is 2.31. The number of halogens is 1. The van der Waals surface area contributed by atoms with Gasteiger partial charge in [0.25, 0.3) is 0 Å². The average molecular weight is 398 g/mol. The molecule has 2 heterocycles. The van der Waals surface area contributed by atoms with Crippen molar-refractivity contribution in [3.63, 3.8) is 0 Å². The van der Waals surface area contributed by atoms with Crippen LogP contribution in [-0.2, 0) is 16.1 Å². The highest BCUT2D eigenvalue weighted by molar-refractivity contribution is 5.82. The minimum absolute atomic E-state index is 0.0598. The summed E-state index contributed by atoms with van der Waals surface area (Å²) in [6, 6.07) is 11.1.